The SMILES string of the molecule is Cc1cc(F)cc(NC2CCN(C(N)=O)CC2)c1. The zero-order valence-electron chi connectivity index (χ0n) is 10.4. The van der Waals surface area contributed by atoms with Gasteiger partial charge in [-0.2, -0.15) is 0 Å². The molecule has 0 bridgehead atoms. The number of carbonyl (C=O) groups excluding carboxylic acids is 1. The highest BCUT2D eigenvalue weighted by Crippen LogP contribution is 2.18. The number of hydrogen-bond donors (Lipinski definition) is 2. The number of nitrogens with one attached hydrogen (secondary N) is 1. The molecule has 3 N–H and O–H groups in total. The Morgan fingerprint density at radius 2 is 2.06 bits per heavy atom. The summed E-state index contributed by atoms with van der Waals surface area (Å²) in [6.45, 7) is 3.17. The van der Waals surface area contributed by atoms with Crippen molar-refractivity contribution in [1.82, 2.24) is 4.90 Å². The van der Waals surface area contributed by atoms with E-state index in [0.717, 1.165) is 24.1 Å². The molecule has 0 radical (unpaired) electrons. The van der Waals surface area contributed by atoms with Crippen LogP contribution in [0.5, 0.6) is 0 Å². The number of benzene rings is 1. The van der Waals surface area contributed by atoms with Gasteiger partial charge in [0, 0.05) is 24.8 Å². The van der Waals surface area contributed by atoms with Crippen LogP contribution in [0.2, 0.25) is 0 Å². The summed E-state index contributed by atoms with van der Waals surface area (Å²) in [6, 6.07) is 4.81. The van der Waals surface area contributed by atoms with E-state index in [1.807, 2.05) is 13.0 Å². The van der Waals surface area contributed by atoms with Gasteiger partial charge in [-0.05, 0) is 43.5 Å². The standard InChI is InChI=1S/C13H18FN3O/c1-9-6-10(14)8-12(7-9)16-11-2-4-17(5-3-11)13(15)18/h6-8,11,16H,2-5H2,1H3,(H2,15,18). The van der Waals surface area contributed by atoms with E-state index in [1.165, 1.54) is 12.1 Å². The molecule has 1 aliphatic rings. The number of anilines is 1. The van der Waals surface area contributed by atoms with E-state index in [0.29, 0.717) is 13.1 Å². The van der Waals surface area contributed by atoms with Crippen molar-refractivity contribution in [2.45, 2.75) is 25.8 Å². The minimum atomic E-state index is -0.366. The molecule has 2 rings (SSSR count). The molecule has 1 heterocycles. The highest BCUT2D eigenvalue weighted by atomic mass is 19.1. The van der Waals surface area contributed by atoms with Crippen molar-refractivity contribution in [3.63, 3.8) is 0 Å². The molecule has 1 aromatic rings. The number of amides is 2. The lowest BCUT2D eigenvalue weighted by molar-refractivity contribution is 0.193. The van der Waals surface area contributed by atoms with Gasteiger partial charge in [0.25, 0.3) is 0 Å². The minimum absolute atomic E-state index is 0.230. The van der Waals surface area contributed by atoms with Crippen molar-refractivity contribution in [2.24, 2.45) is 5.73 Å². The summed E-state index contributed by atoms with van der Waals surface area (Å²) in [6.07, 6.45) is 1.66. The van der Waals surface area contributed by atoms with Crippen molar-refractivity contribution in [2.75, 3.05) is 18.4 Å². The number of nitrogens with zero attached hydrogens (tertiary/aromatic N) is 1. The lowest BCUT2D eigenvalue weighted by Crippen LogP contribution is -2.44. The molecule has 0 unspecified atom stereocenters. The predicted octanol–water partition coefficient (Wildman–Crippen LogP) is 2.09. The Bertz CT molecular complexity index is 422. The van der Waals surface area contributed by atoms with Gasteiger partial charge in [-0.25, -0.2) is 9.18 Å². The molecule has 98 valence electrons. The Morgan fingerprint density at radius 3 is 2.61 bits per heavy atom. The first kappa shape index (κ1) is 12.7. The summed E-state index contributed by atoms with van der Waals surface area (Å²) < 4.78 is 13.2. The number of rotatable bonds is 2. The molecule has 5 heteroatoms. The number of nitrogens with two attached hydrogens (primary N) is 1. The predicted molar refractivity (Wildman–Crippen MR) is 68.9 cm³/mol. The molecule has 0 atom stereocenters. The molecule has 4 nitrogen and oxygen atoms in total. The molecule has 0 spiro atoms. The molecular weight excluding hydrogens is 233 g/mol. The van der Waals surface area contributed by atoms with Crippen LogP contribution in [0.4, 0.5) is 14.9 Å². The van der Waals surface area contributed by atoms with Crippen LogP contribution in [-0.4, -0.2) is 30.1 Å². The fraction of sp³-hybridized carbons (Fsp3) is 0.462. The maximum Gasteiger partial charge on any atom is 0.314 e. The largest absolute Gasteiger partial charge is 0.382 e. The van der Waals surface area contributed by atoms with Gasteiger partial charge in [0.2, 0.25) is 0 Å². The second-order valence-corrected chi connectivity index (χ2v) is 4.76. The maximum atomic E-state index is 13.2. The first-order valence-electron chi connectivity index (χ1n) is 6.13. The second kappa shape index (κ2) is 5.25. The van der Waals surface area contributed by atoms with Crippen LogP contribution in [0.3, 0.4) is 0 Å². The highest BCUT2D eigenvalue weighted by molar-refractivity contribution is 5.72. The van der Waals surface area contributed by atoms with E-state index in [1.54, 1.807) is 4.90 Å². The van der Waals surface area contributed by atoms with Gasteiger partial charge in [0.1, 0.15) is 5.82 Å². The number of halogens is 1. The number of likely N-dealkylation sites (tertiary alicyclic amines) is 1. The first-order chi connectivity index (χ1) is 8.54. The number of carbonyl (C=O) groups is 1. The molecular formula is C13H18FN3O. The van der Waals surface area contributed by atoms with Crippen molar-refractivity contribution >= 4 is 11.7 Å². The van der Waals surface area contributed by atoms with Crippen LogP contribution in [0, 0.1) is 12.7 Å². The third-order valence-electron chi connectivity index (χ3n) is 3.22. The Hall–Kier alpha value is -1.78. The van der Waals surface area contributed by atoms with E-state index in [9.17, 15) is 9.18 Å². The van der Waals surface area contributed by atoms with Gasteiger partial charge in [0.05, 0.1) is 0 Å². The van der Waals surface area contributed by atoms with Gasteiger partial charge in [-0.1, -0.05) is 0 Å². The van der Waals surface area contributed by atoms with Gasteiger partial charge in [0.15, 0.2) is 0 Å². The lowest BCUT2D eigenvalue weighted by atomic mass is 10.0. The highest BCUT2D eigenvalue weighted by Gasteiger charge is 2.20. The molecule has 1 aliphatic heterocycles. The summed E-state index contributed by atoms with van der Waals surface area (Å²) >= 11 is 0. The van der Waals surface area contributed by atoms with Crippen LogP contribution >= 0.6 is 0 Å². The topological polar surface area (TPSA) is 58.4 Å². The summed E-state index contributed by atoms with van der Waals surface area (Å²) in [5.41, 5.74) is 6.91. The van der Waals surface area contributed by atoms with Crippen molar-refractivity contribution in [3.8, 4) is 0 Å². The average molecular weight is 251 g/mol. The molecule has 1 aromatic carbocycles. The Morgan fingerprint density at radius 1 is 1.39 bits per heavy atom. The number of aryl methyl sites for hydroxylation is 1. The quantitative estimate of drug-likeness (QED) is 0.845. The molecule has 1 saturated heterocycles. The lowest BCUT2D eigenvalue weighted by Gasteiger charge is -2.31. The first-order valence-corrected chi connectivity index (χ1v) is 6.13. The van der Waals surface area contributed by atoms with Gasteiger partial charge < -0.3 is 16.0 Å². The van der Waals surface area contributed by atoms with E-state index >= 15 is 0 Å². The number of primary amides is 1. The zero-order valence-corrected chi connectivity index (χ0v) is 10.4. The number of piperidine rings is 1. The number of hydrogen-bond acceptors (Lipinski definition) is 2. The summed E-state index contributed by atoms with van der Waals surface area (Å²) in [4.78, 5) is 12.6. The Labute approximate surface area is 106 Å². The Balaban J connectivity index is 1.93. The van der Waals surface area contributed by atoms with Crippen molar-refractivity contribution in [1.29, 1.82) is 0 Å². The molecule has 18 heavy (non-hydrogen) atoms. The summed E-state index contributed by atoms with van der Waals surface area (Å²) in [7, 11) is 0. The Kier molecular flexibility index (Phi) is 3.69. The zero-order chi connectivity index (χ0) is 13.1. The smallest absolute Gasteiger partial charge is 0.314 e. The molecule has 2 amide bonds. The van der Waals surface area contributed by atoms with Crippen LogP contribution in [-0.2, 0) is 0 Å². The minimum Gasteiger partial charge on any atom is -0.382 e. The average Bonchev–Trinajstić information content (AvgIpc) is 2.28. The second-order valence-electron chi connectivity index (χ2n) is 4.76. The van der Waals surface area contributed by atoms with E-state index in [-0.39, 0.29) is 17.9 Å². The van der Waals surface area contributed by atoms with Crippen LogP contribution in [0.15, 0.2) is 18.2 Å². The van der Waals surface area contributed by atoms with Crippen molar-refractivity contribution in [3.05, 3.63) is 29.6 Å². The fourth-order valence-corrected chi connectivity index (χ4v) is 2.30. The third-order valence-corrected chi connectivity index (χ3v) is 3.22. The monoisotopic (exact) mass is 251 g/mol. The summed E-state index contributed by atoms with van der Waals surface area (Å²) in [5.74, 6) is -0.230. The van der Waals surface area contributed by atoms with Crippen LogP contribution in [0.1, 0.15) is 18.4 Å². The molecule has 1 fully saturated rings. The molecule has 0 aromatic heterocycles. The van der Waals surface area contributed by atoms with Crippen molar-refractivity contribution < 1.29 is 9.18 Å². The van der Waals surface area contributed by atoms with Gasteiger partial charge >= 0.3 is 6.03 Å². The molecule has 0 saturated carbocycles. The van der Waals surface area contributed by atoms with Gasteiger partial charge in [-0.3, -0.25) is 0 Å². The van der Waals surface area contributed by atoms with Crippen LogP contribution < -0.4 is 11.1 Å². The number of urea groups is 1. The normalized spacial score (nSPS) is 16.7. The van der Waals surface area contributed by atoms with E-state index in [4.69, 9.17) is 5.73 Å². The maximum absolute atomic E-state index is 13.2. The van der Waals surface area contributed by atoms with Gasteiger partial charge in [-0.15, -0.1) is 0 Å². The van der Waals surface area contributed by atoms with E-state index < -0.39 is 0 Å². The summed E-state index contributed by atoms with van der Waals surface area (Å²) in [5, 5.41) is 3.30. The van der Waals surface area contributed by atoms with Crippen LogP contribution in [0.25, 0.3) is 0 Å². The fourth-order valence-electron chi connectivity index (χ4n) is 2.30. The third kappa shape index (κ3) is 3.12. The molecule has 0 aliphatic carbocycles. The van der Waals surface area contributed by atoms with E-state index in [2.05, 4.69) is 5.32 Å².